The highest BCUT2D eigenvalue weighted by atomic mass is 16.5. The highest BCUT2D eigenvalue weighted by Gasteiger charge is 2.16. The average molecular weight is 237 g/mol. The van der Waals surface area contributed by atoms with Gasteiger partial charge in [-0.2, -0.15) is 0 Å². The Morgan fingerprint density at radius 1 is 1.53 bits per heavy atom. The van der Waals surface area contributed by atoms with Crippen LogP contribution in [0.1, 0.15) is 37.6 Å². The lowest BCUT2D eigenvalue weighted by atomic mass is 10.0. The maximum Gasteiger partial charge on any atom is 0.133 e. The smallest absolute Gasteiger partial charge is 0.133 e. The van der Waals surface area contributed by atoms with Gasteiger partial charge in [-0.1, -0.05) is 18.5 Å². The molecular weight excluding hydrogens is 214 g/mol. The number of hydrogen-bond acceptors (Lipinski definition) is 4. The van der Waals surface area contributed by atoms with Crippen molar-refractivity contribution in [2.45, 2.75) is 45.7 Å². The van der Waals surface area contributed by atoms with Crippen molar-refractivity contribution >= 4 is 0 Å². The van der Waals surface area contributed by atoms with E-state index in [-0.39, 0.29) is 0 Å². The van der Waals surface area contributed by atoms with E-state index in [2.05, 4.69) is 22.3 Å². The summed E-state index contributed by atoms with van der Waals surface area (Å²) in [5.74, 6) is 0.895. The van der Waals surface area contributed by atoms with Gasteiger partial charge in [0.25, 0.3) is 0 Å². The minimum Gasteiger partial charge on any atom is -0.361 e. The Kier molecular flexibility index (Phi) is 4.57. The predicted octanol–water partition coefficient (Wildman–Crippen LogP) is 1.95. The largest absolute Gasteiger partial charge is 0.361 e. The van der Waals surface area contributed by atoms with Crippen LogP contribution >= 0.6 is 0 Å². The summed E-state index contributed by atoms with van der Waals surface area (Å²) < 4.78 is 5.11. The van der Waals surface area contributed by atoms with Gasteiger partial charge in [-0.3, -0.25) is 4.90 Å². The second kappa shape index (κ2) is 6.17. The van der Waals surface area contributed by atoms with Crippen molar-refractivity contribution in [3.63, 3.8) is 0 Å². The lowest BCUT2D eigenvalue weighted by molar-refractivity contribution is 0.221. The van der Waals surface area contributed by atoms with Crippen molar-refractivity contribution in [1.29, 1.82) is 0 Å². The summed E-state index contributed by atoms with van der Waals surface area (Å²) >= 11 is 0. The number of aryl methyl sites for hydroxylation is 1. The Labute approximate surface area is 103 Å². The fraction of sp³-hybridized carbons (Fsp3) is 0.769. The van der Waals surface area contributed by atoms with Crippen LogP contribution in [0.25, 0.3) is 0 Å². The first kappa shape index (κ1) is 12.6. The predicted molar refractivity (Wildman–Crippen MR) is 67.8 cm³/mol. The normalized spacial score (nSPS) is 21.0. The molecule has 0 aliphatic carbocycles. The highest BCUT2D eigenvalue weighted by Crippen LogP contribution is 2.11. The van der Waals surface area contributed by atoms with E-state index < -0.39 is 0 Å². The molecule has 0 aromatic carbocycles. The maximum atomic E-state index is 5.11. The molecule has 4 heteroatoms. The number of likely N-dealkylation sites (N-methyl/N-ethyl adjacent to an activating group) is 1. The number of nitrogens with zero attached hydrogens (tertiary/aromatic N) is 2. The molecular formula is C13H23N3O. The first-order valence-electron chi connectivity index (χ1n) is 6.66. The molecule has 1 atom stereocenters. The van der Waals surface area contributed by atoms with Crippen molar-refractivity contribution in [3.8, 4) is 0 Å². The zero-order chi connectivity index (χ0) is 12.1. The number of hydrogen-bond donors (Lipinski definition) is 1. The average Bonchev–Trinajstić information content (AvgIpc) is 2.75. The molecule has 0 saturated carbocycles. The van der Waals surface area contributed by atoms with Gasteiger partial charge >= 0.3 is 0 Å². The molecule has 1 saturated heterocycles. The van der Waals surface area contributed by atoms with Gasteiger partial charge in [-0.05, 0) is 32.9 Å². The molecule has 1 aromatic rings. The van der Waals surface area contributed by atoms with E-state index in [1.807, 2.05) is 13.0 Å². The molecule has 0 spiro atoms. The lowest BCUT2D eigenvalue weighted by Crippen LogP contribution is -2.43. The summed E-state index contributed by atoms with van der Waals surface area (Å²) in [6, 6.07) is 2.67. The van der Waals surface area contributed by atoms with Crippen LogP contribution in [-0.4, -0.2) is 35.7 Å². The Balaban J connectivity index is 1.83. The second-order valence-corrected chi connectivity index (χ2v) is 4.90. The second-order valence-electron chi connectivity index (χ2n) is 4.90. The van der Waals surface area contributed by atoms with Crippen LogP contribution in [0.4, 0.5) is 0 Å². The van der Waals surface area contributed by atoms with Crippen molar-refractivity contribution in [2.24, 2.45) is 0 Å². The molecule has 1 unspecified atom stereocenters. The molecule has 1 N–H and O–H groups in total. The van der Waals surface area contributed by atoms with Crippen LogP contribution in [0.15, 0.2) is 10.6 Å². The molecule has 96 valence electrons. The van der Waals surface area contributed by atoms with E-state index in [1.165, 1.54) is 25.8 Å². The molecule has 0 bridgehead atoms. The lowest BCUT2D eigenvalue weighted by Gasteiger charge is -2.29. The number of rotatable bonds is 5. The number of piperidine rings is 1. The molecule has 0 radical (unpaired) electrons. The van der Waals surface area contributed by atoms with E-state index in [9.17, 15) is 0 Å². The van der Waals surface area contributed by atoms with Crippen molar-refractivity contribution in [3.05, 3.63) is 17.5 Å². The van der Waals surface area contributed by atoms with Crippen LogP contribution in [0.2, 0.25) is 0 Å². The zero-order valence-corrected chi connectivity index (χ0v) is 10.9. The molecule has 1 aliphatic heterocycles. The summed E-state index contributed by atoms with van der Waals surface area (Å²) in [4.78, 5) is 2.43. The number of nitrogens with one attached hydrogen (secondary N) is 1. The third kappa shape index (κ3) is 3.82. The first-order chi connectivity index (χ1) is 8.28. The molecule has 1 aliphatic rings. The van der Waals surface area contributed by atoms with Gasteiger partial charge in [0.05, 0.1) is 5.69 Å². The fourth-order valence-electron chi connectivity index (χ4n) is 2.42. The van der Waals surface area contributed by atoms with Crippen molar-refractivity contribution < 1.29 is 4.52 Å². The summed E-state index contributed by atoms with van der Waals surface area (Å²) in [7, 11) is 0. The molecule has 2 heterocycles. The third-order valence-corrected chi connectivity index (χ3v) is 3.40. The minimum atomic E-state index is 0.650. The highest BCUT2D eigenvalue weighted by molar-refractivity contribution is 5.03. The Hall–Kier alpha value is -0.870. The summed E-state index contributed by atoms with van der Waals surface area (Å²) in [5, 5.41) is 7.65. The van der Waals surface area contributed by atoms with Gasteiger partial charge in [-0.15, -0.1) is 0 Å². The van der Waals surface area contributed by atoms with Gasteiger partial charge in [0.1, 0.15) is 5.76 Å². The van der Waals surface area contributed by atoms with Crippen LogP contribution in [0.5, 0.6) is 0 Å². The van der Waals surface area contributed by atoms with E-state index in [1.54, 1.807) is 0 Å². The molecule has 0 amide bonds. The molecule has 1 aromatic heterocycles. The van der Waals surface area contributed by atoms with Gasteiger partial charge in [0, 0.05) is 25.2 Å². The van der Waals surface area contributed by atoms with Gasteiger partial charge in [0.15, 0.2) is 0 Å². The van der Waals surface area contributed by atoms with Gasteiger partial charge in [-0.25, -0.2) is 0 Å². The monoisotopic (exact) mass is 237 g/mol. The minimum absolute atomic E-state index is 0.650. The van der Waals surface area contributed by atoms with E-state index >= 15 is 0 Å². The van der Waals surface area contributed by atoms with E-state index in [0.29, 0.717) is 6.04 Å². The van der Waals surface area contributed by atoms with Gasteiger partial charge in [0.2, 0.25) is 0 Å². The standard InChI is InChI=1S/C13H23N3O/c1-3-16(9-12-6-4-5-7-14-12)10-13-8-11(2)17-15-13/h8,12,14H,3-7,9-10H2,1-2H3. The molecule has 2 rings (SSSR count). The summed E-state index contributed by atoms with van der Waals surface area (Å²) in [5.41, 5.74) is 1.04. The quantitative estimate of drug-likeness (QED) is 0.850. The zero-order valence-electron chi connectivity index (χ0n) is 10.9. The Bertz CT molecular complexity index is 331. The SMILES string of the molecule is CCN(Cc1cc(C)on1)CC1CCCCN1. The Morgan fingerprint density at radius 3 is 3.00 bits per heavy atom. The molecule has 4 nitrogen and oxygen atoms in total. The maximum absolute atomic E-state index is 5.11. The Morgan fingerprint density at radius 2 is 2.41 bits per heavy atom. The van der Waals surface area contributed by atoms with Crippen LogP contribution < -0.4 is 5.32 Å². The van der Waals surface area contributed by atoms with E-state index in [0.717, 1.165) is 31.1 Å². The van der Waals surface area contributed by atoms with Crippen molar-refractivity contribution in [2.75, 3.05) is 19.6 Å². The topological polar surface area (TPSA) is 41.3 Å². The summed E-state index contributed by atoms with van der Waals surface area (Å²) in [6.07, 6.45) is 3.98. The fourth-order valence-corrected chi connectivity index (χ4v) is 2.42. The molecule has 17 heavy (non-hydrogen) atoms. The van der Waals surface area contributed by atoms with E-state index in [4.69, 9.17) is 4.52 Å². The third-order valence-electron chi connectivity index (χ3n) is 3.40. The molecule has 1 fully saturated rings. The van der Waals surface area contributed by atoms with Crippen LogP contribution in [0, 0.1) is 6.92 Å². The first-order valence-corrected chi connectivity index (χ1v) is 6.66. The van der Waals surface area contributed by atoms with Crippen LogP contribution in [0.3, 0.4) is 0 Å². The summed E-state index contributed by atoms with van der Waals surface area (Å²) in [6.45, 7) is 8.38. The number of aromatic nitrogens is 1. The van der Waals surface area contributed by atoms with Gasteiger partial charge < -0.3 is 9.84 Å². The van der Waals surface area contributed by atoms with Crippen molar-refractivity contribution in [1.82, 2.24) is 15.4 Å². The van der Waals surface area contributed by atoms with Crippen LogP contribution in [-0.2, 0) is 6.54 Å².